The van der Waals surface area contributed by atoms with Gasteiger partial charge < -0.3 is 15.4 Å². The lowest BCUT2D eigenvalue weighted by molar-refractivity contribution is -0.138. The summed E-state index contributed by atoms with van der Waals surface area (Å²) in [5, 5.41) is 15.4. The van der Waals surface area contributed by atoms with Crippen LogP contribution in [0.15, 0.2) is 126 Å². The minimum absolute atomic E-state index is 0.00151. The molecule has 0 aliphatic heterocycles. The number of hydrogen-bond donors (Lipinski definition) is 4. The molecule has 0 saturated heterocycles. The van der Waals surface area contributed by atoms with Crippen LogP contribution in [0.3, 0.4) is 0 Å². The van der Waals surface area contributed by atoms with Crippen LogP contribution >= 0.6 is 0 Å². The van der Waals surface area contributed by atoms with Crippen LogP contribution in [0.25, 0.3) is 22.3 Å². The molecule has 13 nitrogen and oxygen atoms in total. The van der Waals surface area contributed by atoms with Crippen molar-refractivity contribution in [1.82, 2.24) is 9.97 Å². The predicted molar refractivity (Wildman–Crippen MR) is 221 cm³/mol. The Bertz CT molecular complexity index is 2990. The molecule has 6 N–H and O–H groups in total. The van der Waals surface area contributed by atoms with Crippen molar-refractivity contribution in [2.24, 2.45) is 10.3 Å². The largest absolute Gasteiger partial charge is 0.497 e. The summed E-state index contributed by atoms with van der Waals surface area (Å²) in [5.41, 5.74) is -2.32. The van der Waals surface area contributed by atoms with Gasteiger partial charge in [-0.1, -0.05) is 42.5 Å². The SMILES string of the molecule is COc1ccc(CC(=O)Nc2ccc(-c3cncc(C(F)(F)F)c3)c(S(N)(=O)=O)c2)c(F)c1.NS(=O)(=O)c1cc(NC(=O)Cc2ccc(C(F)F)cc2)ccc1-c1cncc(C(F)(F)F)c1. The van der Waals surface area contributed by atoms with E-state index >= 15 is 0 Å². The number of sulfonamides is 2. The number of halogens is 9. The quantitative estimate of drug-likeness (QED) is 0.0868. The Balaban J connectivity index is 0.000000247. The number of pyridine rings is 2. The summed E-state index contributed by atoms with van der Waals surface area (Å²) in [4.78, 5) is 30.6. The summed E-state index contributed by atoms with van der Waals surface area (Å²) in [6, 6.07) is 17.5. The van der Waals surface area contributed by atoms with Gasteiger partial charge in [-0.15, -0.1) is 0 Å². The van der Waals surface area contributed by atoms with Gasteiger partial charge in [0.2, 0.25) is 31.9 Å². The van der Waals surface area contributed by atoms with Gasteiger partial charge in [-0.05, 0) is 53.6 Å². The third kappa shape index (κ3) is 13.3. The van der Waals surface area contributed by atoms with Gasteiger partial charge >= 0.3 is 12.4 Å². The molecule has 0 radical (unpaired) electrons. The van der Waals surface area contributed by atoms with Crippen molar-refractivity contribution in [3.05, 3.63) is 149 Å². The second kappa shape index (κ2) is 20.1. The Kier molecular flexibility index (Phi) is 15.3. The number of aromatic nitrogens is 2. The molecule has 0 aliphatic rings. The van der Waals surface area contributed by atoms with Crippen molar-refractivity contribution in [2.45, 2.75) is 41.4 Å². The van der Waals surface area contributed by atoms with Crippen LogP contribution < -0.4 is 25.6 Å². The Morgan fingerprint density at radius 3 is 1.48 bits per heavy atom. The third-order valence-electron chi connectivity index (χ3n) is 9.10. The number of anilines is 2. The Hall–Kier alpha value is -6.89. The van der Waals surface area contributed by atoms with E-state index in [0.717, 1.165) is 42.7 Å². The van der Waals surface area contributed by atoms with E-state index in [4.69, 9.17) is 15.0 Å². The number of alkyl halides is 8. The first kappa shape index (κ1) is 50.1. The molecule has 6 aromatic rings. The van der Waals surface area contributed by atoms with Crippen LogP contribution in [0.1, 0.15) is 34.2 Å². The smallest absolute Gasteiger partial charge is 0.417 e. The zero-order chi connectivity index (χ0) is 48.8. The van der Waals surface area contributed by atoms with Gasteiger partial charge in [0.25, 0.3) is 6.43 Å². The summed E-state index contributed by atoms with van der Waals surface area (Å²) in [7, 11) is -7.42. The van der Waals surface area contributed by atoms with Crippen LogP contribution in [-0.2, 0) is 54.8 Å². The minimum atomic E-state index is -4.69. The summed E-state index contributed by atoms with van der Waals surface area (Å²) in [6.45, 7) is 0. The van der Waals surface area contributed by atoms with Crippen LogP contribution in [0.2, 0.25) is 0 Å². The zero-order valence-corrected chi connectivity index (χ0v) is 35.2. The number of nitrogens with two attached hydrogens (primary N) is 2. The third-order valence-corrected chi connectivity index (χ3v) is 11.0. The molecule has 6 rings (SSSR count). The standard InChI is InChI=1S/C21H16F5N3O3S.C21H17F4N3O4S/c22-20(23)13-3-1-12(2-4-13)7-19(30)29-16-5-6-17(18(9-16)33(27,31)32)14-8-15(11-28-10-14)21(24,25)26;1-32-16-4-2-12(18(22)9-16)7-20(29)28-15-3-5-17(19(8-15)33(26,30)31)13-6-14(11-27-10-13)21(23,24)25/h1-6,8-11,20H,7H2,(H,29,30)(H2,27,31,32);2-6,8-11H,7H2,1H3,(H,28,29)(H2,26,30,31). The van der Waals surface area contributed by atoms with E-state index in [9.17, 15) is 65.9 Å². The van der Waals surface area contributed by atoms with Crippen molar-refractivity contribution in [3.63, 3.8) is 0 Å². The fraction of sp³-hybridized carbons (Fsp3) is 0.143. The van der Waals surface area contributed by atoms with Crippen LogP contribution in [0.4, 0.5) is 50.9 Å². The normalized spacial score (nSPS) is 12.0. The molecule has 2 aromatic heterocycles. The molecule has 0 unspecified atom stereocenters. The fourth-order valence-electron chi connectivity index (χ4n) is 5.98. The van der Waals surface area contributed by atoms with Gasteiger partial charge in [0.05, 0.1) is 40.9 Å². The molecule has 0 atom stereocenters. The summed E-state index contributed by atoms with van der Waals surface area (Å²) in [6.07, 6.45) is -9.25. The van der Waals surface area contributed by atoms with Crippen molar-refractivity contribution in [1.29, 1.82) is 0 Å². The molecular formula is C42H33F9N6O7S2. The molecular weight excluding hydrogens is 936 g/mol. The number of benzene rings is 4. The fourth-order valence-corrected chi connectivity index (χ4v) is 7.55. The number of ether oxygens (including phenoxy) is 1. The van der Waals surface area contributed by atoms with Crippen molar-refractivity contribution < 1.29 is 70.7 Å². The molecule has 0 aliphatic carbocycles. The van der Waals surface area contributed by atoms with Gasteiger partial charge in [-0.25, -0.2) is 40.3 Å². The first-order chi connectivity index (χ1) is 30.7. The number of nitrogens with zero attached hydrogens (tertiary/aromatic N) is 2. The molecule has 0 saturated carbocycles. The Labute approximate surface area is 369 Å². The van der Waals surface area contributed by atoms with E-state index < -0.39 is 77.4 Å². The van der Waals surface area contributed by atoms with E-state index in [-0.39, 0.29) is 63.3 Å². The van der Waals surface area contributed by atoms with Crippen LogP contribution in [-0.4, -0.2) is 45.7 Å². The molecule has 4 aromatic carbocycles. The molecule has 2 heterocycles. The number of carbonyl (C=O) groups is 2. The highest BCUT2D eigenvalue weighted by Gasteiger charge is 2.33. The molecule has 348 valence electrons. The van der Waals surface area contributed by atoms with Crippen molar-refractivity contribution >= 4 is 43.2 Å². The van der Waals surface area contributed by atoms with E-state index in [1.807, 2.05) is 0 Å². The van der Waals surface area contributed by atoms with Gasteiger partial charge in [0.15, 0.2) is 0 Å². The van der Waals surface area contributed by atoms with Gasteiger partial charge in [-0.3, -0.25) is 19.6 Å². The second-order valence-electron chi connectivity index (χ2n) is 13.9. The van der Waals surface area contributed by atoms with E-state index in [1.165, 1.54) is 67.8 Å². The first-order valence-corrected chi connectivity index (χ1v) is 21.5. The van der Waals surface area contributed by atoms with Gasteiger partial charge in [0.1, 0.15) is 11.6 Å². The van der Waals surface area contributed by atoms with Crippen molar-refractivity contribution in [3.8, 4) is 28.0 Å². The maximum Gasteiger partial charge on any atom is 0.417 e. The highest BCUT2D eigenvalue weighted by Crippen LogP contribution is 2.36. The van der Waals surface area contributed by atoms with Gasteiger partial charge in [-0.2, -0.15) is 26.3 Å². The second-order valence-corrected chi connectivity index (χ2v) is 16.9. The van der Waals surface area contributed by atoms with Gasteiger partial charge in [0, 0.05) is 70.0 Å². The van der Waals surface area contributed by atoms with Crippen molar-refractivity contribution in [2.75, 3.05) is 17.7 Å². The predicted octanol–water partition coefficient (Wildman–Crippen LogP) is 8.28. The Morgan fingerprint density at radius 2 is 1.09 bits per heavy atom. The molecule has 0 fully saturated rings. The lowest BCUT2D eigenvalue weighted by Gasteiger charge is -2.13. The summed E-state index contributed by atoms with van der Waals surface area (Å²) < 4.78 is 171. The lowest BCUT2D eigenvalue weighted by atomic mass is 10.0. The van der Waals surface area contributed by atoms with Crippen LogP contribution in [0, 0.1) is 5.82 Å². The zero-order valence-electron chi connectivity index (χ0n) is 33.6. The Morgan fingerprint density at radius 1 is 0.636 bits per heavy atom. The molecule has 0 spiro atoms. The number of methoxy groups -OCH3 is 1. The molecule has 24 heteroatoms. The molecule has 66 heavy (non-hydrogen) atoms. The van der Waals surface area contributed by atoms with E-state index in [0.29, 0.717) is 18.0 Å². The number of nitrogens with one attached hydrogen (secondary N) is 2. The maximum atomic E-state index is 14.1. The lowest BCUT2D eigenvalue weighted by Crippen LogP contribution is -2.17. The average molecular weight is 969 g/mol. The average Bonchev–Trinajstić information content (AvgIpc) is 3.23. The van der Waals surface area contributed by atoms with E-state index in [1.54, 1.807) is 0 Å². The van der Waals surface area contributed by atoms with Crippen LogP contribution in [0.5, 0.6) is 5.75 Å². The molecule has 0 bridgehead atoms. The topological polar surface area (TPSA) is 214 Å². The number of rotatable bonds is 12. The number of carbonyl (C=O) groups excluding carboxylic acids is 2. The monoisotopic (exact) mass is 968 g/mol. The summed E-state index contributed by atoms with van der Waals surface area (Å²) in [5.74, 6) is -1.63. The highest BCUT2D eigenvalue weighted by atomic mass is 32.2. The number of hydrogen-bond acceptors (Lipinski definition) is 9. The minimum Gasteiger partial charge on any atom is -0.497 e. The van der Waals surface area contributed by atoms with E-state index in [2.05, 4.69) is 20.6 Å². The molecule has 2 amide bonds. The number of amides is 2. The maximum absolute atomic E-state index is 14.1. The summed E-state index contributed by atoms with van der Waals surface area (Å²) >= 11 is 0. The highest BCUT2D eigenvalue weighted by molar-refractivity contribution is 7.89. The number of primary sulfonamides is 2. The first-order valence-electron chi connectivity index (χ1n) is 18.4.